The summed E-state index contributed by atoms with van der Waals surface area (Å²) in [6.45, 7) is 3.91. The smallest absolute Gasteiger partial charge is 0.422 e. The van der Waals surface area contributed by atoms with Crippen LogP contribution in [0.4, 0.5) is 4.79 Å². The lowest BCUT2D eigenvalue weighted by atomic mass is 9.85. The van der Waals surface area contributed by atoms with Gasteiger partial charge in [0, 0.05) is 0 Å². The minimum atomic E-state index is -0.536. The summed E-state index contributed by atoms with van der Waals surface area (Å²) in [6.07, 6.45) is -0.689. The normalized spacial score (nSPS) is 36.4. The van der Waals surface area contributed by atoms with Crippen LogP contribution in [0.1, 0.15) is 13.8 Å². The first-order valence-corrected chi connectivity index (χ1v) is 3.24. The molecule has 0 radical (unpaired) electrons. The van der Waals surface area contributed by atoms with Crippen LogP contribution in [-0.4, -0.2) is 18.4 Å². The Hall–Kier alpha value is -0.990. The van der Waals surface area contributed by atoms with Crippen molar-refractivity contribution < 1.29 is 14.3 Å². The maximum absolute atomic E-state index is 10.5. The van der Waals surface area contributed by atoms with E-state index in [0.717, 1.165) is 11.1 Å². The van der Waals surface area contributed by atoms with E-state index in [-0.39, 0.29) is 12.2 Å². The molecule has 1 heterocycles. The molecule has 1 aliphatic heterocycles. The molecule has 0 aromatic heterocycles. The molecule has 0 bridgehead atoms. The van der Waals surface area contributed by atoms with Crippen LogP contribution < -0.4 is 0 Å². The Morgan fingerprint density at radius 1 is 1.10 bits per heavy atom. The Morgan fingerprint density at radius 3 is 1.90 bits per heavy atom. The highest BCUT2D eigenvalue weighted by Gasteiger charge is 2.47. The van der Waals surface area contributed by atoms with Crippen LogP contribution in [0.2, 0.25) is 0 Å². The van der Waals surface area contributed by atoms with Crippen molar-refractivity contribution in [3.05, 3.63) is 11.1 Å². The quantitative estimate of drug-likeness (QED) is 0.375. The molecule has 2 rings (SSSR count). The van der Waals surface area contributed by atoms with E-state index in [0.29, 0.717) is 0 Å². The Kier molecular flexibility index (Phi) is 0.886. The maximum Gasteiger partial charge on any atom is 0.509 e. The first-order chi connectivity index (χ1) is 4.70. The average molecular weight is 140 g/mol. The van der Waals surface area contributed by atoms with Crippen LogP contribution in [0.3, 0.4) is 0 Å². The van der Waals surface area contributed by atoms with Gasteiger partial charge in [0.2, 0.25) is 0 Å². The molecule has 2 aliphatic rings. The monoisotopic (exact) mass is 140 g/mol. The Bertz CT molecular complexity index is 207. The molecule has 0 saturated carbocycles. The minimum absolute atomic E-state index is 0.0764. The fourth-order valence-electron chi connectivity index (χ4n) is 1.34. The lowest BCUT2D eigenvalue weighted by Crippen LogP contribution is -2.35. The van der Waals surface area contributed by atoms with Gasteiger partial charge < -0.3 is 9.47 Å². The van der Waals surface area contributed by atoms with E-state index in [2.05, 4.69) is 0 Å². The van der Waals surface area contributed by atoms with Gasteiger partial charge in [-0.1, -0.05) is 0 Å². The largest absolute Gasteiger partial charge is 0.509 e. The second kappa shape index (κ2) is 1.54. The predicted molar refractivity (Wildman–Crippen MR) is 33.5 cm³/mol. The summed E-state index contributed by atoms with van der Waals surface area (Å²) in [6, 6.07) is 0. The van der Waals surface area contributed by atoms with Crippen molar-refractivity contribution >= 4 is 6.16 Å². The van der Waals surface area contributed by atoms with Crippen molar-refractivity contribution in [1.82, 2.24) is 0 Å². The first-order valence-electron chi connectivity index (χ1n) is 3.24. The topological polar surface area (TPSA) is 35.5 Å². The Labute approximate surface area is 58.6 Å². The summed E-state index contributed by atoms with van der Waals surface area (Å²) < 4.78 is 9.65. The third-order valence-corrected chi connectivity index (χ3v) is 2.20. The molecule has 2 atom stereocenters. The van der Waals surface area contributed by atoms with Crippen LogP contribution >= 0.6 is 0 Å². The van der Waals surface area contributed by atoms with Gasteiger partial charge in [-0.3, -0.25) is 0 Å². The van der Waals surface area contributed by atoms with E-state index >= 15 is 0 Å². The number of hydrogen-bond acceptors (Lipinski definition) is 3. The molecule has 3 nitrogen and oxygen atoms in total. The fraction of sp³-hybridized carbons (Fsp3) is 0.571. The lowest BCUT2D eigenvalue weighted by Gasteiger charge is -2.28. The second-order valence-electron chi connectivity index (χ2n) is 2.69. The number of ether oxygens (including phenoxy) is 2. The molecule has 1 saturated heterocycles. The Balaban J connectivity index is 2.26. The predicted octanol–water partition coefficient (Wildman–Crippen LogP) is 1.24. The van der Waals surface area contributed by atoms with E-state index < -0.39 is 6.16 Å². The zero-order chi connectivity index (χ0) is 7.30. The average Bonchev–Trinajstić information content (AvgIpc) is 2.27. The van der Waals surface area contributed by atoms with Crippen molar-refractivity contribution in [3.8, 4) is 0 Å². The van der Waals surface area contributed by atoms with E-state index in [9.17, 15) is 4.79 Å². The first kappa shape index (κ1) is 5.77. The fourth-order valence-corrected chi connectivity index (χ4v) is 1.34. The molecule has 10 heavy (non-hydrogen) atoms. The van der Waals surface area contributed by atoms with Crippen molar-refractivity contribution in [2.75, 3.05) is 0 Å². The van der Waals surface area contributed by atoms with Gasteiger partial charge in [0.05, 0.1) is 0 Å². The Morgan fingerprint density at radius 2 is 1.50 bits per heavy atom. The van der Waals surface area contributed by atoms with Crippen molar-refractivity contribution in [1.29, 1.82) is 0 Å². The number of rotatable bonds is 0. The molecule has 1 aliphatic carbocycles. The highest BCUT2D eigenvalue weighted by Crippen LogP contribution is 2.37. The van der Waals surface area contributed by atoms with Crippen LogP contribution in [-0.2, 0) is 9.47 Å². The van der Waals surface area contributed by atoms with Gasteiger partial charge in [-0.15, -0.1) is 0 Å². The lowest BCUT2D eigenvalue weighted by molar-refractivity contribution is 0.123. The molecule has 3 heteroatoms. The summed E-state index contributed by atoms with van der Waals surface area (Å²) >= 11 is 0. The van der Waals surface area contributed by atoms with Crippen LogP contribution in [0, 0.1) is 0 Å². The number of hydrogen-bond donors (Lipinski definition) is 0. The van der Waals surface area contributed by atoms with E-state index in [4.69, 9.17) is 9.47 Å². The summed E-state index contributed by atoms with van der Waals surface area (Å²) in [7, 11) is 0. The van der Waals surface area contributed by atoms with Crippen LogP contribution in [0.15, 0.2) is 11.1 Å². The van der Waals surface area contributed by atoms with E-state index in [1.807, 2.05) is 13.8 Å². The molecule has 0 amide bonds. The molecule has 0 aromatic carbocycles. The van der Waals surface area contributed by atoms with Gasteiger partial charge in [-0.2, -0.15) is 0 Å². The van der Waals surface area contributed by atoms with Gasteiger partial charge in [0.25, 0.3) is 0 Å². The molecule has 0 N–H and O–H groups in total. The molecule has 0 unspecified atom stereocenters. The number of fused-ring (bicyclic) bond motifs is 1. The van der Waals surface area contributed by atoms with Gasteiger partial charge in [-0.25, -0.2) is 4.79 Å². The SMILES string of the molecule is CC1=C(C)[C@@H]2OC(=O)O[C@@H]12. The molecule has 0 spiro atoms. The molecular formula is C7H8O3. The molecule has 0 aromatic rings. The molecule has 54 valence electrons. The van der Waals surface area contributed by atoms with Crippen molar-refractivity contribution in [2.24, 2.45) is 0 Å². The third-order valence-electron chi connectivity index (χ3n) is 2.20. The third kappa shape index (κ3) is 0.478. The number of carbonyl (C=O) groups is 1. The summed E-state index contributed by atoms with van der Waals surface area (Å²) in [4.78, 5) is 10.5. The summed E-state index contributed by atoms with van der Waals surface area (Å²) in [5.74, 6) is 0. The maximum atomic E-state index is 10.5. The van der Waals surface area contributed by atoms with Crippen molar-refractivity contribution in [3.63, 3.8) is 0 Å². The number of carbonyl (C=O) groups excluding carboxylic acids is 1. The molecular weight excluding hydrogens is 132 g/mol. The highest BCUT2D eigenvalue weighted by atomic mass is 16.8. The van der Waals surface area contributed by atoms with Gasteiger partial charge in [-0.05, 0) is 25.0 Å². The molecule has 1 fully saturated rings. The van der Waals surface area contributed by atoms with E-state index in [1.54, 1.807) is 0 Å². The van der Waals surface area contributed by atoms with Crippen molar-refractivity contribution in [2.45, 2.75) is 26.1 Å². The minimum Gasteiger partial charge on any atom is -0.422 e. The van der Waals surface area contributed by atoms with Gasteiger partial charge in [0.15, 0.2) is 12.2 Å². The highest BCUT2D eigenvalue weighted by molar-refractivity contribution is 5.66. The summed E-state index contributed by atoms with van der Waals surface area (Å²) in [5, 5.41) is 0. The van der Waals surface area contributed by atoms with Gasteiger partial charge >= 0.3 is 6.16 Å². The second-order valence-corrected chi connectivity index (χ2v) is 2.69. The van der Waals surface area contributed by atoms with Gasteiger partial charge in [0.1, 0.15) is 0 Å². The summed E-state index contributed by atoms with van der Waals surface area (Å²) in [5.41, 5.74) is 2.27. The zero-order valence-corrected chi connectivity index (χ0v) is 5.88. The zero-order valence-electron chi connectivity index (χ0n) is 5.88. The van der Waals surface area contributed by atoms with Crippen LogP contribution in [0.25, 0.3) is 0 Å². The van der Waals surface area contributed by atoms with E-state index in [1.165, 1.54) is 0 Å². The van der Waals surface area contributed by atoms with Crippen LogP contribution in [0.5, 0.6) is 0 Å². The standard InChI is InChI=1S/C7H8O3/c1-3-4(2)6-5(3)9-7(8)10-6/h5-6H,1-2H3/t5-,6-/m0/s1.